The van der Waals surface area contributed by atoms with Crippen molar-refractivity contribution >= 4 is 23.3 Å². The van der Waals surface area contributed by atoms with Gasteiger partial charge in [0, 0.05) is 12.6 Å². The van der Waals surface area contributed by atoms with E-state index < -0.39 is 11.9 Å². The molecule has 104 valence electrons. The standard InChI is InChI=1S/C13H18N2O3S/c1-8-6-19-7-9(8)5-14-13(18)15-11-4-2-3-10(11)12(16)17/h6-7,10-11H,2-5H2,1H3,(H,16,17)(H2,14,15,18). The van der Waals surface area contributed by atoms with E-state index >= 15 is 0 Å². The van der Waals surface area contributed by atoms with Gasteiger partial charge in [0.1, 0.15) is 0 Å². The van der Waals surface area contributed by atoms with Gasteiger partial charge in [0.25, 0.3) is 0 Å². The highest BCUT2D eigenvalue weighted by atomic mass is 32.1. The smallest absolute Gasteiger partial charge is 0.315 e. The first-order valence-electron chi connectivity index (χ1n) is 6.36. The maximum absolute atomic E-state index is 11.8. The summed E-state index contributed by atoms with van der Waals surface area (Å²) in [7, 11) is 0. The first kappa shape index (κ1) is 13.9. The van der Waals surface area contributed by atoms with Crippen LogP contribution in [0.15, 0.2) is 10.8 Å². The molecule has 0 spiro atoms. The normalized spacial score (nSPS) is 22.2. The van der Waals surface area contributed by atoms with E-state index in [2.05, 4.69) is 10.6 Å². The Balaban J connectivity index is 1.81. The average Bonchev–Trinajstić information content (AvgIpc) is 2.95. The summed E-state index contributed by atoms with van der Waals surface area (Å²) in [6.45, 7) is 2.48. The summed E-state index contributed by atoms with van der Waals surface area (Å²) in [6.07, 6.45) is 2.23. The number of aliphatic carboxylic acids is 1. The highest BCUT2D eigenvalue weighted by Gasteiger charge is 2.33. The van der Waals surface area contributed by atoms with Crippen LogP contribution in [0.2, 0.25) is 0 Å². The zero-order chi connectivity index (χ0) is 13.8. The van der Waals surface area contributed by atoms with Crippen molar-refractivity contribution in [1.82, 2.24) is 10.6 Å². The van der Waals surface area contributed by atoms with E-state index in [1.54, 1.807) is 11.3 Å². The van der Waals surface area contributed by atoms with Gasteiger partial charge in [-0.15, -0.1) is 0 Å². The van der Waals surface area contributed by atoms with Crippen LogP contribution in [0.3, 0.4) is 0 Å². The summed E-state index contributed by atoms with van der Waals surface area (Å²) in [4.78, 5) is 22.8. The van der Waals surface area contributed by atoms with E-state index in [1.807, 2.05) is 17.7 Å². The fourth-order valence-corrected chi connectivity index (χ4v) is 3.25. The number of carboxylic acid groups (broad SMARTS) is 1. The lowest BCUT2D eigenvalue weighted by atomic mass is 10.0. The molecule has 5 nitrogen and oxygen atoms in total. The van der Waals surface area contributed by atoms with Gasteiger partial charge in [0.15, 0.2) is 0 Å². The minimum Gasteiger partial charge on any atom is -0.481 e. The molecule has 1 aliphatic carbocycles. The summed E-state index contributed by atoms with van der Waals surface area (Å²) in [5.74, 6) is -1.27. The molecule has 1 aromatic heterocycles. The van der Waals surface area contributed by atoms with Crippen LogP contribution >= 0.6 is 11.3 Å². The Labute approximate surface area is 116 Å². The van der Waals surface area contributed by atoms with Crippen LogP contribution in [-0.2, 0) is 11.3 Å². The van der Waals surface area contributed by atoms with Crippen molar-refractivity contribution in [3.05, 3.63) is 21.9 Å². The maximum atomic E-state index is 11.8. The van der Waals surface area contributed by atoms with Crippen LogP contribution in [0.25, 0.3) is 0 Å². The second kappa shape index (κ2) is 6.06. The molecule has 0 aliphatic heterocycles. The van der Waals surface area contributed by atoms with Crippen LogP contribution in [0.5, 0.6) is 0 Å². The lowest BCUT2D eigenvalue weighted by molar-refractivity contribution is -0.142. The summed E-state index contributed by atoms with van der Waals surface area (Å²) >= 11 is 1.61. The predicted molar refractivity (Wildman–Crippen MR) is 73.2 cm³/mol. The molecular formula is C13H18N2O3S. The van der Waals surface area contributed by atoms with Gasteiger partial charge in [-0.3, -0.25) is 4.79 Å². The number of nitrogens with one attached hydrogen (secondary N) is 2. The van der Waals surface area contributed by atoms with E-state index in [-0.39, 0.29) is 12.1 Å². The molecule has 0 radical (unpaired) electrons. The molecule has 2 atom stereocenters. The Morgan fingerprint density at radius 2 is 2.21 bits per heavy atom. The average molecular weight is 282 g/mol. The van der Waals surface area contributed by atoms with Crippen LogP contribution in [0.4, 0.5) is 4.79 Å². The molecule has 0 bridgehead atoms. The minimum atomic E-state index is -0.823. The molecule has 2 amide bonds. The van der Waals surface area contributed by atoms with Crippen molar-refractivity contribution in [2.24, 2.45) is 5.92 Å². The summed E-state index contributed by atoms with van der Waals surface area (Å²) in [5.41, 5.74) is 2.26. The van der Waals surface area contributed by atoms with Crippen molar-refractivity contribution in [1.29, 1.82) is 0 Å². The molecule has 2 rings (SSSR count). The van der Waals surface area contributed by atoms with E-state index in [4.69, 9.17) is 5.11 Å². The Kier molecular flexibility index (Phi) is 4.42. The molecule has 0 saturated heterocycles. The highest BCUT2D eigenvalue weighted by Crippen LogP contribution is 2.25. The Hall–Kier alpha value is -1.56. The number of urea groups is 1. The molecule has 2 unspecified atom stereocenters. The van der Waals surface area contributed by atoms with Crippen LogP contribution in [-0.4, -0.2) is 23.1 Å². The molecule has 1 heterocycles. The van der Waals surface area contributed by atoms with Gasteiger partial charge < -0.3 is 15.7 Å². The van der Waals surface area contributed by atoms with E-state index in [0.717, 1.165) is 24.0 Å². The number of carbonyl (C=O) groups excluding carboxylic acids is 1. The highest BCUT2D eigenvalue weighted by molar-refractivity contribution is 7.08. The fourth-order valence-electron chi connectivity index (χ4n) is 2.39. The number of hydrogen-bond donors (Lipinski definition) is 3. The lowest BCUT2D eigenvalue weighted by Gasteiger charge is -2.17. The molecule has 6 heteroatoms. The van der Waals surface area contributed by atoms with Gasteiger partial charge in [0.05, 0.1) is 5.92 Å². The molecule has 1 fully saturated rings. The van der Waals surface area contributed by atoms with Crippen LogP contribution < -0.4 is 10.6 Å². The molecule has 1 aliphatic rings. The Bertz CT molecular complexity index is 472. The van der Waals surface area contributed by atoms with Gasteiger partial charge >= 0.3 is 12.0 Å². The predicted octanol–water partition coefficient (Wildman–Crippen LogP) is 2.11. The number of rotatable bonds is 4. The third-order valence-corrected chi connectivity index (χ3v) is 4.46. The molecule has 1 saturated carbocycles. The quantitative estimate of drug-likeness (QED) is 0.791. The number of hydrogen-bond acceptors (Lipinski definition) is 3. The van der Waals surface area contributed by atoms with Crippen molar-refractivity contribution in [3.8, 4) is 0 Å². The fraction of sp³-hybridized carbons (Fsp3) is 0.538. The Morgan fingerprint density at radius 3 is 2.84 bits per heavy atom. The third-order valence-electron chi connectivity index (χ3n) is 3.55. The van der Waals surface area contributed by atoms with Gasteiger partial charge in [0.2, 0.25) is 0 Å². The monoisotopic (exact) mass is 282 g/mol. The van der Waals surface area contributed by atoms with Crippen molar-refractivity contribution in [3.63, 3.8) is 0 Å². The summed E-state index contributed by atoms with van der Waals surface area (Å²) < 4.78 is 0. The van der Waals surface area contributed by atoms with E-state index in [0.29, 0.717) is 13.0 Å². The zero-order valence-electron chi connectivity index (χ0n) is 10.8. The number of carbonyl (C=O) groups is 2. The van der Waals surface area contributed by atoms with Crippen LogP contribution in [0, 0.1) is 12.8 Å². The van der Waals surface area contributed by atoms with Gasteiger partial charge in [-0.2, -0.15) is 11.3 Å². The second-order valence-electron chi connectivity index (χ2n) is 4.89. The first-order chi connectivity index (χ1) is 9.08. The molecule has 19 heavy (non-hydrogen) atoms. The van der Waals surface area contributed by atoms with Gasteiger partial charge in [-0.05, 0) is 41.7 Å². The largest absolute Gasteiger partial charge is 0.481 e. The topological polar surface area (TPSA) is 78.4 Å². The minimum absolute atomic E-state index is 0.249. The van der Waals surface area contributed by atoms with Crippen LogP contribution in [0.1, 0.15) is 30.4 Å². The lowest BCUT2D eigenvalue weighted by Crippen LogP contribution is -2.45. The van der Waals surface area contributed by atoms with E-state index in [1.165, 1.54) is 0 Å². The Morgan fingerprint density at radius 1 is 1.42 bits per heavy atom. The number of carboxylic acids is 1. The SMILES string of the molecule is Cc1cscc1CNC(=O)NC1CCCC1C(=O)O. The molecule has 0 aromatic carbocycles. The maximum Gasteiger partial charge on any atom is 0.315 e. The second-order valence-corrected chi connectivity index (χ2v) is 5.63. The zero-order valence-corrected chi connectivity index (χ0v) is 11.6. The van der Waals surface area contributed by atoms with Crippen molar-refractivity contribution in [2.75, 3.05) is 0 Å². The summed E-state index contributed by atoms with van der Waals surface area (Å²) in [6, 6.07) is -0.537. The van der Waals surface area contributed by atoms with Gasteiger partial charge in [-0.25, -0.2) is 4.79 Å². The molecule has 1 aromatic rings. The molecule has 3 N–H and O–H groups in total. The van der Waals surface area contributed by atoms with Crippen molar-refractivity contribution < 1.29 is 14.7 Å². The molecular weight excluding hydrogens is 264 g/mol. The number of thiophene rings is 1. The number of amides is 2. The van der Waals surface area contributed by atoms with E-state index in [9.17, 15) is 9.59 Å². The summed E-state index contributed by atoms with van der Waals surface area (Å²) in [5, 5.41) is 18.6. The number of aryl methyl sites for hydroxylation is 1. The first-order valence-corrected chi connectivity index (χ1v) is 7.31. The van der Waals surface area contributed by atoms with Gasteiger partial charge in [-0.1, -0.05) is 6.42 Å². The van der Waals surface area contributed by atoms with Crippen molar-refractivity contribution in [2.45, 2.75) is 38.8 Å². The third kappa shape index (κ3) is 3.47.